The molecule has 8 heteroatoms. The summed E-state index contributed by atoms with van der Waals surface area (Å²) in [5.41, 5.74) is -0.579. The van der Waals surface area contributed by atoms with Gasteiger partial charge in [-0.1, -0.05) is 12.1 Å². The zero-order valence-corrected chi connectivity index (χ0v) is 15.7. The molecule has 3 rings (SSSR count). The van der Waals surface area contributed by atoms with Crippen molar-refractivity contribution in [3.8, 4) is 0 Å². The van der Waals surface area contributed by atoms with Crippen LogP contribution in [0.1, 0.15) is 19.3 Å². The van der Waals surface area contributed by atoms with Crippen LogP contribution in [0.4, 0.5) is 0 Å². The number of nitrogens with zero attached hydrogens (tertiary/aromatic N) is 2. The molecule has 1 aliphatic rings. The summed E-state index contributed by atoms with van der Waals surface area (Å²) >= 11 is 0. The Hall–Kier alpha value is -2.12. The van der Waals surface area contributed by atoms with Gasteiger partial charge in [-0.2, -0.15) is 0 Å². The van der Waals surface area contributed by atoms with Crippen molar-refractivity contribution in [3.05, 3.63) is 45.0 Å². The van der Waals surface area contributed by atoms with Gasteiger partial charge in [0.1, 0.15) is 0 Å². The average molecular weight is 381 g/mol. The fourth-order valence-electron chi connectivity index (χ4n) is 3.52. The fourth-order valence-corrected chi connectivity index (χ4v) is 3.52. The van der Waals surface area contributed by atoms with Gasteiger partial charge in [0.2, 0.25) is 5.91 Å². The molecule has 142 valence electrons. The van der Waals surface area contributed by atoms with Gasteiger partial charge < -0.3 is 10.2 Å². The molecule has 1 saturated heterocycles. The third kappa shape index (κ3) is 4.34. The number of piperidine rings is 1. The van der Waals surface area contributed by atoms with Crippen LogP contribution in [0.3, 0.4) is 0 Å². The summed E-state index contributed by atoms with van der Waals surface area (Å²) in [4.78, 5) is 38.9. The molecule has 1 aromatic carbocycles. The topological polar surface area (TPSA) is 87.2 Å². The maximum Gasteiger partial charge on any atom is 0.273 e. The Morgan fingerprint density at radius 1 is 1.27 bits per heavy atom. The molecule has 1 amide bonds. The Kier molecular flexibility index (Phi) is 6.99. The van der Waals surface area contributed by atoms with Crippen molar-refractivity contribution in [2.75, 3.05) is 26.7 Å². The third-order valence-corrected chi connectivity index (χ3v) is 4.80. The van der Waals surface area contributed by atoms with E-state index < -0.39 is 0 Å². The minimum Gasteiger partial charge on any atom is -0.342 e. The van der Waals surface area contributed by atoms with Gasteiger partial charge >= 0.3 is 0 Å². The van der Waals surface area contributed by atoms with Crippen LogP contribution in [0.2, 0.25) is 0 Å². The van der Waals surface area contributed by atoms with E-state index in [4.69, 9.17) is 0 Å². The molecular formula is C18H25ClN4O3. The standard InChI is InChI=1S/C18H24N4O3.ClH/c1-19-11-13-5-4-9-21(12-13)16(23)8-10-22-18(25)15-7-3-2-6-14(15)17(24)20-22;/h2-3,6-7,13,19H,4-5,8-12H2,1H3,(H,20,24);1H. The second kappa shape index (κ2) is 9.00. The van der Waals surface area contributed by atoms with Crippen LogP contribution in [-0.2, 0) is 11.3 Å². The number of hydrogen-bond donors (Lipinski definition) is 2. The number of aryl methyl sites for hydroxylation is 1. The van der Waals surface area contributed by atoms with Crippen molar-refractivity contribution in [2.45, 2.75) is 25.8 Å². The molecule has 0 saturated carbocycles. The lowest BCUT2D eigenvalue weighted by Crippen LogP contribution is -2.43. The first-order valence-corrected chi connectivity index (χ1v) is 8.74. The number of likely N-dealkylation sites (tertiary alicyclic amines) is 1. The first kappa shape index (κ1) is 20.2. The summed E-state index contributed by atoms with van der Waals surface area (Å²) < 4.78 is 1.25. The molecule has 0 radical (unpaired) electrons. The normalized spacial score (nSPS) is 17.1. The van der Waals surface area contributed by atoms with E-state index in [1.807, 2.05) is 11.9 Å². The number of carbonyl (C=O) groups is 1. The largest absolute Gasteiger partial charge is 0.342 e. The van der Waals surface area contributed by atoms with Crippen molar-refractivity contribution in [1.82, 2.24) is 20.0 Å². The highest BCUT2D eigenvalue weighted by Crippen LogP contribution is 2.16. The Labute approximate surface area is 157 Å². The molecule has 1 unspecified atom stereocenters. The lowest BCUT2D eigenvalue weighted by atomic mass is 9.98. The van der Waals surface area contributed by atoms with E-state index in [0.29, 0.717) is 16.7 Å². The van der Waals surface area contributed by atoms with Gasteiger partial charge in [0.25, 0.3) is 11.1 Å². The van der Waals surface area contributed by atoms with E-state index in [-0.39, 0.29) is 42.4 Å². The zero-order valence-electron chi connectivity index (χ0n) is 14.9. The lowest BCUT2D eigenvalue weighted by molar-refractivity contribution is -0.133. The van der Waals surface area contributed by atoms with Crippen LogP contribution in [0, 0.1) is 5.92 Å². The van der Waals surface area contributed by atoms with Crippen molar-refractivity contribution in [1.29, 1.82) is 0 Å². The van der Waals surface area contributed by atoms with Gasteiger partial charge in [0.05, 0.1) is 17.3 Å². The van der Waals surface area contributed by atoms with Crippen molar-refractivity contribution < 1.29 is 4.79 Å². The summed E-state index contributed by atoms with van der Waals surface area (Å²) in [6, 6.07) is 6.72. The van der Waals surface area contributed by atoms with Crippen LogP contribution in [0.25, 0.3) is 10.8 Å². The highest BCUT2D eigenvalue weighted by molar-refractivity contribution is 5.85. The first-order chi connectivity index (χ1) is 12.1. The Balaban J connectivity index is 0.00000243. The number of hydrogen-bond acceptors (Lipinski definition) is 4. The average Bonchev–Trinajstić information content (AvgIpc) is 2.64. The number of H-pyrrole nitrogens is 1. The second-order valence-corrected chi connectivity index (χ2v) is 6.60. The molecule has 1 aliphatic heterocycles. The molecule has 0 bridgehead atoms. The predicted octanol–water partition coefficient (Wildman–Crippen LogP) is 0.960. The predicted molar refractivity (Wildman–Crippen MR) is 104 cm³/mol. The van der Waals surface area contributed by atoms with Crippen molar-refractivity contribution >= 4 is 29.1 Å². The quantitative estimate of drug-likeness (QED) is 0.808. The van der Waals surface area contributed by atoms with Crippen LogP contribution in [0.15, 0.2) is 33.9 Å². The zero-order chi connectivity index (χ0) is 17.8. The van der Waals surface area contributed by atoms with Gasteiger partial charge in [-0.25, -0.2) is 4.68 Å². The summed E-state index contributed by atoms with van der Waals surface area (Å²) in [6.07, 6.45) is 2.34. The molecule has 1 aromatic heterocycles. The smallest absolute Gasteiger partial charge is 0.273 e. The molecule has 7 nitrogen and oxygen atoms in total. The Morgan fingerprint density at radius 2 is 2.00 bits per heavy atom. The summed E-state index contributed by atoms with van der Waals surface area (Å²) in [6.45, 7) is 2.61. The van der Waals surface area contributed by atoms with E-state index in [1.54, 1.807) is 24.3 Å². The van der Waals surface area contributed by atoms with E-state index in [9.17, 15) is 14.4 Å². The maximum absolute atomic E-state index is 12.5. The number of rotatable bonds is 5. The van der Waals surface area contributed by atoms with Crippen LogP contribution < -0.4 is 16.4 Å². The Morgan fingerprint density at radius 3 is 2.73 bits per heavy atom. The molecule has 0 aliphatic carbocycles. The number of nitrogens with one attached hydrogen (secondary N) is 2. The monoisotopic (exact) mass is 380 g/mol. The molecule has 1 atom stereocenters. The highest BCUT2D eigenvalue weighted by Gasteiger charge is 2.23. The van der Waals surface area contributed by atoms with Gasteiger partial charge in [-0.05, 0) is 44.5 Å². The van der Waals surface area contributed by atoms with Gasteiger partial charge in [0, 0.05) is 19.5 Å². The second-order valence-electron chi connectivity index (χ2n) is 6.60. The van der Waals surface area contributed by atoms with Gasteiger partial charge in [-0.15, -0.1) is 12.4 Å². The molecule has 0 spiro atoms. The van der Waals surface area contributed by atoms with Crippen molar-refractivity contribution in [2.24, 2.45) is 5.92 Å². The molecule has 1 fully saturated rings. The first-order valence-electron chi connectivity index (χ1n) is 8.74. The number of benzene rings is 1. The maximum atomic E-state index is 12.5. The molecule has 2 N–H and O–H groups in total. The van der Waals surface area contributed by atoms with Crippen LogP contribution >= 0.6 is 12.4 Å². The van der Waals surface area contributed by atoms with E-state index >= 15 is 0 Å². The van der Waals surface area contributed by atoms with Crippen LogP contribution in [-0.4, -0.2) is 47.3 Å². The minimum absolute atomic E-state index is 0. The lowest BCUT2D eigenvalue weighted by Gasteiger charge is -2.32. The number of halogens is 1. The minimum atomic E-state index is -0.310. The number of carbonyl (C=O) groups excluding carboxylic acids is 1. The van der Waals surface area contributed by atoms with E-state index in [0.717, 1.165) is 32.5 Å². The Bertz CT molecular complexity index is 875. The molecule has 26 heavy (non-hydrogen) atoms. The number of fused-ring (bicyclic) bond motifs is 1. The van der Waals surface area contributed by atoms with E-state index in [2.05, 4.69) is 10.4 Å². The summed E-state index contributed by atoms with van der Waals surface area (Å²) in [7, 11) is 1.92. The summed E-state index contributed by atoms with van der Waals surface area (Å²) in [5.74, 6) is 0.507. The molecular weight excluding hydrogens is 356 g/mol. The highest BCUT2D eigenvalue weighted by atomic mass is 35.5. The van der Waals surface area contributed by atoms with Gasteiger partial charge in [0.15, 0.2) is 0 Å². The van der Waals surface area contributed by atoms with Gasteiger partial charge in [-0.3, -0.25) is 19.5 Å². The summed E-state index contributed by atoms with van der Waals surface area (Å²) in [5, 5.41) is 6.49. The third-order valence-electron chi connectivity index (χ3n) is 4.80. The van der Waals surface area contributed by atoms with E-state index in [1.165, 1.54) is 4.68 Å². The number of aromatic nitrogens is 2. The van der Waals surface area contributed by atoms with Crippen LogP contribution in [0.5, 0.6) is 0 Å². The molecule has 2 aromatic rings. The fraction of sp³-hybridized carbons (Fsp3) is 0.500. The number of aromatic amines is 1. The molecule has 2 heterocycles. The van der Waals surface area contributed by atoms with Crippen molar-refractivity contribution in [3.63, 3.8) is 0 Å². The SMILES string of the molecule is CNCC1CCCN(C(=O)CCn2[nH]c(=O)c3ccccc3c2=O)C1.Cl. The number of amides is 1.